The second kappa shape index (κ2) is 5.86. The number of fused-ring (bicyclic) bond motifs is 1. The lowest BCUT2D eigenvalue weighted by molar-refractivity contribution is 0.158. The summed E-state index contributed by atoms with van der Waals surface area (Å²) in [6.07, 6.45) is 7.28. The third-order valence-electron chi connectivity index (χ3n) is 4.68. The van der Waals surface area contributed by atoms with Crippen LogP contribution in [0.25, 0.3) is 11.1 Å². The Labute approximate surface area is 139 Å². The van der Waals surface area contributed by atoms with Crippen LogP contribution >= 0.6 is 0 Å². The summed E-state index contributed by atoms with van der Waals surface area (Å²) in [7, 11) is 1.85. The highest BCUT2D eigenvalue weighted by Gasteiger charge is 2.30. The van der Waals surface area contributed by atoms with Gasteiger partial charge in [-0.25, -0.2) is 4.98 Å². The van der Waals surface area contributed by atoms with Crippen LogP contribution in [0.4, 0.5) is 5.82 Å². The molecule has 0 saturated carbocycles. The molecule has 0 amide bonds. The number of aliphatic hydroxyl groups excluding tert-OH is 1. The molecule has 1 N–H and O–H groups in total. The minimum Gasteiger partial charge on any atom is -0.388 e. The Balaban J connectivity index is 1.61. The van der Waals surface area contributed by atoms with Gasteiger partial charge in [-0.15, -0.1) is 0 Å². The molecule has 0 aromatic carbocycles. The molecular weight excluding hydrogens is 308 g/mol. The average molecular weight is 328 g/mol. The van der Waals surface area contributed by atoms with Gasteiger partial charge in [0, 0.05) is 31.4 Å². The highest BCUT2D eigenvalue weighted by atomic mass is 16.5. The van der Waals surface area contributed by atoms with E-state index < -0.39 is 6.10 Å². The maximum absolute atomic E-state index is 10.5. The van der Waals surface area contributed by atoms with E-state index in [4.69, 9.17) is 4.52 Å². The second-order valence-electron chi connectivity index (χ2n) is 6.33. The Hall–Kier alpha value is -2.48. The molecule has 1 fully saturated rings. The molecule has 0 bridgehead atoms. The summed E-state index contributed by atoms with van der Waals surface area (Å²) < 4.78 is 6.96. The van der Waals surface area contributed by atoms with Crippen LogP contribution in [0.5, 0.6) is 0 Å². The zero-order valence-corrected chi connectivity index (χ0v) is 13.8. The normalized spacial score (nSPS) is 19.3. The number of aryl methyl sites for hydroxylation is 2. The van der Waals surface area contributed by atoms with Crippen molar-refractivity contribution in [2.75, 3.05) is 11.4 Å². The quantitative estimate of drug-likeness (QED) is 0.780. The molecule has 2 unspecified atom stereocenters. The van der Waals surface area contributed by atoms with E-state index in [0.717, 1.165) is 41.8 Å². The van der Waals surface area contributed by atoms with Crippen LogP contribution in [0.15, 0.2) is 23.2 Å². The molecule has 1 saturated heterocycles. The molecular formula is C16H20N6O2. The van der Waals surface area contributed by atoms with Crippen molar-refractivity contribution in [1.29, 1.82) is 0 Å². The Morgan fingerprint density at radius 2 is 2.29 bits per heavy atom. The van der Waals surface area contributed by atoms with Crippen LogP contribution < -0.4 is 4.90 Å². The van der Waals surface area contributed by atoms with E-state index >= 15 is 0 Å². The molecule has 0 spiro atoms. The van der Waals surface area contributed by atoms with E-state index in [1.165, 1.54) is 6.33 Å². The molecule has 0 radical (unpaired) electrons. The monoisotopic (exact) mass is 328 g/mol. The Bertz CT molecular complexity index is 857. The zero-order valence-electron chi connectivity index (χ0n) is 13.8. The van der Waals surface area contributed by atoms with Gasteiger partial charge in [-0.3, -0.25) is 4.68 Å². The van der Waals surface area contributed by atoms with Crippen molar-refractivity contribution < 1.29 is 9.63 Å². The number of aromatic nitrogens is 5. The van der Waals surface area contributed by atoms with Gasteiger partial charge in [0.15, 0.2) is 0 Å². The van der Waals surface area contributed by atoms with Gasteiger partial charge in [0.1, 0.15) is 17.5 Å². The van der Waals surface area contributed by atoms with Crippen molar-refractivity contribution in [3.63, 3.8) is 0 Å². The molecule has 24 heavy (non-hydrogen) atoms. The lowest BCUT2D eigenvalue weighted by Crippen LogP contribution is -2.31. The lowest BCUT2D eigenvalue weighted by Gasteiger charge is -2.27. The van der Waals surface area contributed by atoms with Gasteiger partial charge in [0.05, 0.1) is 18.0 Å². The van der Waals surface area contributed by atoms with E-state index in [2.05, 4.69) is 25.1 Å². The number of hydrogen-bond donors (Lipinski definition) is 1. The van der Waals surface area contributed by atoms with Crippen LogP contribution in [0.3, 0.4) is 0 Å². The van der Waals surface area contributed by atoms with Crippen LogP contribution in [0, 0.1) is 6.92 Å². The molecule has 8 nitrogen and oxygen atoms in total. The van der Waals surface area contributed by atoms with E-state index in [9.17, 15) is 5.11 Å². The first kappa shape index (κ1) is 15.1. The molecule has 126 valence electrons. The SMILES string of the molecule is Cc1noc2ncnc(N3CCCC3CC(O)c3cnn(C)c3)c12. The number of anilines is 1. The van der Waals surface area contributed by atoms with Crippen LogP contribution in [0.1, 0.15) is 36.6 Å². The summed E-state index contributed by atoms with van der Waals surface area (Å²) in [5.41, 5.74) is 2.15. The number of aliphatic hydroxyl groups is 1. The third kappa shape index (κ3) is 2.52. The Morgan fingerprint density at radius 1 is 1.42 bits per heavy atom. The minimum atomic E-state index is -0.537. The molecule has 8 heteroatoms. The smallest absolute Gasteiger partial charge is 0.263 e. The molecule has 1 aliphatic heterocycles. The third-order valence-corrected chi connectivity index (χ3v) is 4.68. The fourth-order valence-corrected chi connectivity index (χ4v) is 3.49. The van der Waals surface area contributed by atoms with Crippen molar-refractivity contribution >= 4 is 16.9 Å². The maximum Gasteiger partial charge on any atom is 0.263 e. The summed E-state index contributed by atoms with van der Waals surface area (Å²) in [5, 5.41) is 19.5. The number of nitrogens with zero attached hydrogens (tertiary/aromatic N) is 6. The van der Waals surface area contributed by atoms with Gasteiger partial charge in [0.2, 0.25) is 0 Å². The van der Waals surface area contributed by atoms with Gasteiger partial charge in [0.25, 0.3) is 5.71 Å². The molecule has 0 aliphatic carbocycles. The molecule has 3 aromatic rings. The van der Waals surface area contributed by atoms with E-state index in [1.807, 2.05) is 20.2 Å². The summed E-state index contributed by atoms with van der Waals surface area (Å²) >= 11 is 0. The number of rotatable bonds is 4. The van der Waals surface area contributed by atoms with Crippen molar-refractivity contribution in [1.82, 2.24) is 24.9 Å². The van der Waals surface area contributed by atoms with Gasteiger partial charge >= 0.3 is 0 Å². The highest BCUT2D eigenvalue weighted by molar-refractivity contribution is 5.88. The minimum absolute atomic E-state index is 0.215. The molecule has 2 atom stereocenters. The predicted molar refractivity (Wildman–Crippen MR) is 87.5 cm³/mol. The first-order valence-electron chi connectivity index (χ1n) is 8.13. The lowest BCUT2D eigenvalue weighted by atomic mass is 10.0. The fourth-order valence-electron chi connectivity index (χ4n) is 3.49. The summed E-state index contributed by atoms with van der Waals surface area (Å²) in [4.78, 5) is 10.9. The van der Waals surface area contributed by atoms with E-state index in [0.29, 0.717) is 12.1 Å². The largest absolute Gasteiger partial charge is 0.388 e. The first-order chi connectivity index (χ1) is 11.6. The standard InChI is InChI=1S/C16H20N6O2/c1-10-14-15(17-9-18-16(14)24-20-10)22-5-3-4-12(22)6-13(23)11-7-19-21(2)8-11/h7-9,12-13,23H,3-6H2,1-2H3. The molecule has 4 heterocycles. The topological polar surface area (TPSA) is 93.1 Å². The van der Waals surface area contributed by atoms with Crippen LogP contribution in [-0.2, 0) is 7.05 Å². The first-order valence-corrected chi connectivity index (χ1v) is 8.13. The van der Waals surface area contributed by atoms with Crippen LogP contribution in [-0.4, -0.2) is 42.6 Å². The highest BCUT2D eigenvalue weighted by Crippen LogP contribution is 2.34. The molecule has 4 rings (SSSR count). The van der Waals surface area contributed by atoms with Crippen molar-refractivity contribution in [3.8, 4) is 0 Å². The average Bonchev–Trinajstić information content (AvgIpc) is 3.28. The molecule has 3 aromatic heterocycles. The van der Waals surface area contributed by atoms with Gasteiger partial charge in [-0.2, -0.15) is 10.1 Å². The summed E-state index contributed by atoms with van der Waals surface area (Å²) in [6.45, 7) is 2.80. The van der Waals surface area contributed by atoms with Crippen molar-refractivity contribution in [3.05, 3.63) is 30.0 Å². The summed E-state index contributed by atoms with van der Waals surface area (Å²) in [5.74, 6) is 0.847. The zero-order chi connectivity index (χ0) is 16.7. The van der Waals surface area contributed by atoms with Crippen molar-refractivity contribution in [2.24, 2.45) is 7.05 Å². The summed E-state index contributed by atoms with van der Waals surface area (Å²) in [6, 6.07) is 0.215. The van der Waals surface area contributed by atoms with Crippen LogP contribution in [0.2, 0.25) is 0 Å². The number of hydrogen-bond acceptors (Lipinski definition) is 7. The Morgan fingerprint density at radius 3 is 3.08 bits per heavy atom. The van der Waals surface area contributed by atoms with E-state index in [-0.39, 0.29) is 6.04 Å². The van der Waals surface area contributed by atoms with Gasteiger partial charge in [-0.05, 0) is 26.2 Å². The van der Waals surface area contributed by atoms with Gasteiger partial charge < -0.3 is 14.5 Å². The van der Waals surface area contributed by atoms with E-state index in [1.54, 1.807) is 10.9 Å². The predicted octanol–water partition coefficient (Wildman–Crippen LogP) is 1.75. The van der Waals surface area contributed by atoms with Gasteiger partial charge in [-0.1, -0.05) is 5.16 Å². The van der Waals surface area contributed by atoms with Crippen molar-refractivity contribution in [2.45, 2.75) is 38.3 Å². The Kier molecular flexibility index (Phi) is 3.68. The second-order valence-corrected chi connectivity index (χ2v) is 6.33. The molecule has 1 aliphatic rings. The maximum atomic E-state index is 10.5. The fraction of sp³-hybridized carbons (Fsp3) is 0.500.